The van der Waals surface area contributed by atoms with Gasteiger partial charge in [-0.3, -0.25) is 0 Å². The molecule has 1 aromatic rings. The third-order valence-corrected chi connectivity index (χ3v) is 3.95. The summed E-state index contributed by atoms with van der Waals surface area (Å²) in [5, 5.41) is 12.1. The maximum absolute atomic E-state index is 8.95. The van der Waals surface area contributed by atoms with Gasteiger partial charge in [0.05, 0.1) is 0 Å². The average Bonchev–Trinajstić information content (AvgIpc) is 2.93. The van der Waals surface area contributed by atoms with Gasteiger partial charge in [-0.15, -0.1) is 0 Å². The Labute approximate surface area is 114 Å². The van der Waals surface area contributed by atoms with E-state index in [2.05, 4.69) is 30.0 Å². The third kappa shape index (κ3) is 2.83. The maximum atomic E-state index is 8.95. The molecule has 0 bridgehead atoms. The van der Waals surface area contributed by atoms with E-state index in [4.69, 9.17) is 10.9 Å². The van der Waals surface area contributed by atoms with E-state index in [9.17, 15) is 0 Å². The largest absolute Gasteiger partial charge is 0.409 e. The molecule has 19 heavy (non-hydrogen) atoms. The molecule has 2 rings (SSSR count). The van der Waals surface area contributed by atoms with E-state index in [1.165, 1.54) is 31.2 Å². The van der Waals surface area contributed by atoms with Crippen LogP contribution < -0.4 is 10.6 Å². The summed E-state index contributed by atoms with van der Waals surface area (Å²) in [7, 11) is 0. The Morgan fingerprint density at radius 3 is 2.68 bits per heavy atom. The molecule has 0 aliphatic heterocycles. The van der Waals surface area contributed by atoms with Crippen LogP contribution in [0.5, 0.6) is 0 Å². The number of hydrogen-bond acceptors (Lipinski definition) is 3. The van der Waals surface area contributed by atoms with Crippen LogP contribution in [0, 0.1) is 6.92 Å². The molecule has 0 unspecified atom stereocenters. The fraction of sp³-hybridized carbons (Fsp3) is 0.533. The highest BCUT2D eigenvalue weighted by molar-refractivity contribution is 6.02. The zero-order valence-corrected chi connectivity index (χ0v) is 11.8. The van der Waals surface area contributed by atoms with Crippen LogP contribution in [0.25, 0.3) is 0 Å². The third-order valence-electron chi connectivity index (χ3n) is 3.95. The van der Waals surface area contributed by atoms with Crippen LogP contribution in [0.15, 0.2) is 23.4 Å². The molecule has 104 valence electrons. The summed E-state index contributed by atoms with van der Waals surface area (Å²) in [5.41, 5.74) is 8.91. The first-order valence-electron chi connectivity index (χ1n) is 7.02. The second-order valence-electron chi connectivity index (χ2n) is 5.23. The van der Waals surface area contributed by atoms with E-state index < -0.39 is 0 Å². The predicted octanol–water partition coefficient (Wildman–Crippen LogP) is 2.86. The zero-order chi connectivity index (χ0) is 13.8. The lowest BCUT2D eigenvalue weighted by Crippen LogP contribution is -2.35. The molecule has 4 nitrogen and oxygen atoms in total. The Bertz CT molecular complexity index is 464. The van der Waals surface area contributed by atoms with Gasteiger partial charge >= 0.3 is 0 Å². The predicted molar refractivity (Wildman–Crippen MR) is 79.0 cm³/mol. The number of nitrogens with two attached hydrogens (primary N) is 1. The van der Waals surface area contributed by atoms with Gasteiger partial charge in [0.2, 0.25) is 0 Å². The van der Waals surface area contributed by atoms with Gasteiger partial charge in [-0.25, -0.2) is 0 Å². The molecule has 0 radical (unpaired) electrons. The van der Waals surface area contributed by atoms with E-state index in [-0.39, 0.29) is 5.84 Å². The van der Waals surface area contributed by atoms with Gasteiger partial charge in [0.25, 0.3) is 0 Å². The molecular weight excluding hydrogens is 238 g/mol. The maximum Gasteiger partial charge on any atom is 0.172 e. The van der Waals surface area contributed by atoms with Crippen LogP contribution in [0.2, 0.25) is 0 Å². The number of amidine groups is 1. The fourth-order valence-corrected chi connectivity index (χ4v) is 2.99. The first-order valence-corrected chi connectivity index (χ1v) is 7.02. The molecule has 1 aromatic carbocycles. The minimum atomic E-state index is 0.187. The molecule has 0 saturated heterocycles. The zero-order valence-electron chi connectivity index (χ0n) is 11.8. The van der Waals surface area contributed by atoms with Crippen LogP contribution in [-0.4, -0.2) is 23.6 Å². The smallest absolute Gasteiger partial charge is 0.172 e. The molecule has 1 saturated carbocycles. The van der Waals surface area contributed by atoms with Crippen LogP contribution in [-0.2, 0) is 0 Å². The summed E-state index contributed by atoms with van der Waals surface area (Å²) in [6.45, 7) is 5.18. The topological polar surface area (TPSA) is 61.8 Å². The molecule has 0 aromatic heterocycles. The molecule has 1 aliphatic rings. The van der Waals surface area contributed by atoms with Crippen molar-refractivity contribution >= 4 is 11.5 Å². The molecule has 0 amide bonds. The Hall–Kier alpha value is -1.71. The molecule has 0 heterocycles. The Balaban J connectivity index is 2.42. The fourth-order valence-electron chi connectivity index (χ4n) is 2.99. The first kappa shape index (κ1) is 13.7. The summed E-state index contributed by atoms with van der Waals surface area (Å²) < 4.78 is 0. The number of hydrogen-bond donors (Lipinski definition) is 2. The number of anilines is 1. The van der Waals surface area contributed by atoms with Gasteiger partial charge in [0, 0.05) is 23.8 Å². The van der Waals surface area contributed by atoms with E-state index in [1.54, 1.807) is 0 Å². The molecule has 4 heteroatoms. The summed E-state index contributed by atoms with van der Waals surface area (Å²) in [6.07, 6.45) is 5.06. The van der Waals surface area contributed by atoms with Gasteiger partial charge < -0.3 is 15.8 Å². The van der Waals surface area contributed by atoms with Crippen molar-refractivity contribution in [3.8, 4) is 0 Å². The molecular formula is C15H23N3O. The highest BCUT2D eigenvalue weighted by Crippen LogP contribution is 2.31. The first-order chi connectivity index (χ1) is 9.17. The normalized spacial score (nSPS) is 16.8. The van der Waals surface area contributed by atoms with Crippen molar-refractivity contribution < 1.29 is 5.21 Å². The Morgan fingerprint density at radius 1 is 1.42 bits per heavy atom. The lowest BCUT2D eigenvalue weighted by Gasteiger charge is -2.31. The van der Waals surface area contributed by atoms with E-state index in [0.29, 0.717) is 6.04 Å². The highest BCUT2D eigenvalue weighted by atomic mass is 16.4. The average molecular weight is 261 g/mol. The SMILES string of the molecule is CCN(c1cc(C)ccc1C(N)=NO)C1CCCC1. The minimum absolute atomic E-state index is 0.187. The number of aryl methyl sites for hydroxylation is 1. The molecule has 1 fully saturated rings. The molecule has 1 aliphatic carbocycles. The highest BCUT2D eigenvalue weighted by Gasteiger charge is 2.24. The number of nitrogens with zero attached hydrogens (tertiary/aromatic N) is 2. The van der Waals surface area contributed by atoms with Crippen LogP contribution in [0.3, 0.4) is 0 Å². The van der Waals surface area contributed by atoms with Crippen molar-refractivity contribution in [1.29, 1.82) is 0 Å². The van der Waals surface area contributed by atoms with Crippen LogP contribution >= 0.6 is 0 Å². The molecule has 3 N–H and O–H groups in total. The summed E-state index contributed by atoms with van der Waals surface area (Å²) in [6, 6.07) is 6.66. The van der Waals surface area contributed by atoms with E-state index >= 15 is 0 Å². The monoisotopic (exact) mass is 261 g/mol. The van der Waals surface area contributed by atoms with E-state index in [0.717, 1.165) is 17.8 Å². The minimum Gasteiger partial charge on any atom is -0.409 e. The quantitative estimate of drug-likeness (QED) is 0.379. The van der Waals surface area contributed by atoms with Crippen molar-refractivity contribution in [2.45, 2.75) is 45.6 Å². The van der Waals surface area contributed by atoms with Crippen molar-refractivity contribution in [1.82, 2.24) is 0 Å². The van der Waals surface area contributed by atoms with Crippen molar-refractivity contribution in [3.63, 3.8) is 0 Å². The van der Waals surface area contributed by atoms with Gasteiger partial charge in [0.1, 0.15) is 0 Å². The summed E-state index contributed by atoms with van der Waals surface area (Å²) >= 11 is 0. The van der Waals surface area contributed by atoms with Crippen molar-refractivity contribution in [3.05, 3.63) is 29.3 Å². The number of rotatable bonds is 4. The molecule has 0 atom stereocenters. The summed E-state index contributed by atoms with van der Waals surface area (Å²) in [4.78, 5) is 2.40. The van der Waals surface area contributed by atoms with Crippen molar-refractivity contribution in [2.24, 2.45) is 10.9 Å². The second-order valence-corrected chi connectivity index (χ2v) is 5.23. The lowest BCUT2D eigenvalue weighted by atomic mass is 10.1. The lowest BCUT2D eigenvalue weighted by molar-refractivity contribution is 0.318. The summed E-state index contributed by atoms with van der Waals surface area (Å²) in [5.74, 6) is 0.187. The van der Waals surface area contributed by atoms with Gasteiger partial charge in [-0.05, 0) is 44.4 Å². The second kappa shape index (κ2) is 5.95. The standard InChI is InChI=1S/C15H23N3O/c1-3-18(12-6-4-5-7-12)14-10-11(2)8-9-13(14)15(16)17-19/h8-10,12,19H,3-7H2,1-2H3,(H2,16,17). The van der Waals surface area contributed by atoms with Gasteiger partial charge in [0.15, 0.2) is 5.84 Å². The Kier molecular flexibility index (Phi) is 4.30. The molecule has 0 spiro atoms. The van der Waals surface area contributed by atoms with Crippen molar-refractivity contribution in [2.75, 3.05) is 11.4 Å². The number of oxime groups is 1. The van der Waals surface area contributed by atoms with Crippen LogP contribution in [0.4, 0.5) is 5.69 Å². The van der Waals surface area contributed by atoms with Gasteiger partial charge in [-0.2, -0.15) is 0 Å². The van der Waals surface area contributed by atoms with E-state index in [1.807, 2.05) is 12.1 Å². The Morgan fingerprint density at radius 2 is 2.11 bits per heavy atom. The number of benzene rings is 1. The van der Waals surface area contributed by atoms with Gasteiger partial charge in [-0.1, -0.05) is 24.1 Å². The van der Waals surface area contributed by atoms with Crippen LogP contribution in [0.1, 0.15) is 43.7 Å².